The third-order valence-corrected chi connectivity index (χ3v) is 5.60. The van der Waals surface area contributed by atoms with Crippen LogP contribution in [0, 0.1) is 0 Å². The van der Waals surface area contributed by atoms with E-state index in [-0.39, 0.29) is 12.4 Å². The van der Waals surface area contributed by atoms with Gasteiger partial charge in [-0.2, -0.15) is 0 Å². The number of hydrogen-bond acceptors (Lipinski definition) is 5. The van der Waals surface area contributed by atoms with Gasteiger partial charge in [0.15, 0.2) is 0 Å². The van der Waals surface area contributed by atoms with Crippen LogP contribution in [0.4, 0.5) is 11.4 Å². The number of hydrogen-bond donors (Lipinski definition) is 1. The summed E-state index contributed by atoms with van der Waals surface area (Å²) < 4.78 is 30.9. The van der Waals surface area contributed by atoms with Gasteiger partial charge in [-0.15, -0.1) is 0 Å². The van der Waals surface area contributed by atoms with Crippen LogP contribution in [0.1, 0.15) is 32.3 Å². The highest BCUT2D eigenvalue weighted by molar-refractivity contribution is 7.92. The fourth-order valence-electron chi connectivity index (χ4n) is 2.53. The molecular formula is C16H22N2O5S. The largest absolute Gasteiger partial charge is 0.459 e. The summed E-state index contributed by atoms with van der Waals surface area (Å²) in [5.74, 6) is -1.75. The van der Waals surface area contributed by atoms with Gasteiger partial charge in [-0.1, -0.05) is 19.4 Å². The number of carbonyl (C=O) groups excluding carboxylic acids is 2. The lowest BCUT2D eigenvalue weighted by Crippen LogP contribution is -2.31. The molecule has 0 spiro atoms. The summed E-state index contributed by atoms with van der Waals surface area (Å²) in [7, 11) is -3.38. The van der Waals surface area contributed by atoms with E-state index >= 15 is 0 Å². The van der Waals surface area contributed by atoms with Crippen LogP contribution < -0.4 is 9.62 Å². The van der Waals surface area contributed by atoms with Crippen molar-refractivity contribution in [3.05, 3.63) is 23.8 Å². The van der Waals surface area contributed by atoms with E-state index in [0.29, 0.717) is 30.8 Å². The molecule has 0 aromatic heterocycles. The summed E-state index contributed by atoms with van der Waals surface area (Å²) in [6.07, 6.45) is 2.04. The monoisotopic (exact) mass is 354 g/mol. The average Bonchev–Trinajstić information content (AvgIpc) is 2.97. The molecule has 1 amide bonds. The summed E-state index contributed by atoms with van der Waals surface area (Å²) in [6, 6.07) is 5.01. The molecule has 0 aliphatic carbocycles. The SMILES string of the molecule is CCCCS(=O)(=O)N1CCc2ccc(NC(=O)C(=O)OCC)cc21. The lowest BCUT2D eigenvalue weighted by atomic mass is 10.1. The molecule has 1 aromatic carbocycles. The van der Waals surface area contributed by atoms with Crippen molar-refractivity contribution in [1.82, 2.24) is 0 Å². The van der Waals surface area contributed by atoms with E-state index in [1.54, 1.807) is 25.1 Å². The molecule has 1 aliphatic heterocycles. The molecule has 0 bridgehead atoms. The number of benzene rings is 1. The van der Waals surface area contributed by atoms with E-state index < -0.39 is 21.9 Å². The zero-order chi connectivity index (χ0) is 17.7. The van der Waals surface area contributed by atoms with Crippen molar-refractivity contribution >= 4 is 33.3 Å². The van der Waals surface area contributed by atoms with Crippen LogP contribution in [0.15, 0.2) is 18.2 Å². The predicted molar refractivity (Wildman–Crippen MR) is 91.4 cm³/mol. The number of amides is 1. The molecule has 2 rings (SSSR count). The van der Waals surface area contributed by atoms with Crippen LogP contribution in [-0.2, 0) is 30.8 Å². The molecule has 1 aromatic rings. The maximum Gasteiger partial charge on any atom is 0.397 e. The number of ether oxygens (including phenoxy) is 1. The highest BCUT2D eigenvalue weighted by atomic mass is 32.2. The van der Waals surface area contributed by atoms with Crippen LogP contribution in [0.25, 0.3) is 0 Å². The minimum absolute atomic E-state index is 0.0996. The van der Waals surface area contributed by atoms with Gasteiger partial charge in [0, 0.05) is 12.2 Å². The van der Waals surface area contributed by atoms with Crippen molar-refractivity contribution in [2.24, 2.45) is 0 Å². The van der Waals surface area contributed by atoms with Gasteiger partial charge >= 0.3 is 11.9 Å². The Morgan fingerprint density at radius 2 is 2.04 bits per heavy atom. The first-order valence-electron chi connectivity index (χ1n) is 8.00. The van der Waals surface area contributed by atoms with Gasteiger partial charge in [0.05, 0.1) is 18.0 Å². The zero-order valence-corrected chi connectivity index (χ0v) is 14.7. The van der Waals surface area contributed by atoms with Crippen molar-refractivity contribution in [2.45, 2.75) is 33.1 Å². The fourth-order valence-corrected chi connectivity index (χ4v) is 4.25. The van der Waals surface area contributed by atoms with Crippen molar-refractivity contribution in [2.75, 3.05) is 28.5 Å². The van der Waals surface area contributed by atoms with Crippen LogP contribution in [-0.4, -0.2) is 39.2 Å². The van der Waals surface area contributed by atoms with Crippen LogP contribution in [0.2, 0.25) is 0 Å². The van der Waals surface area contributed by atoms with Crippen molar-refractivity contribution in [3.63, 3.8) is 0 Å². The Kier molecular flexibility index (Phi) is 5.82. The highest BCUT2D eigenvalue weighted by Crippen LogP contribution is 2.33. The number of fused-ring (bicyclic) bond motifs is 1. The molecule has 132 valence electrons. The zero-order valence-electron chi connectivity index (χ0n) is 13.9. The second kappa shape index (κ2) is 7.65. The highest BCUT2D eigenvalue weighted by Gasteiger charge is 2.29. The van der Waals surface area contributed by atoms with Gasteiger partial charge < -0.3 is 10.1 Å². The smallest absolute Gasteiger partial charge is 0.397 e. The molecule has 0 atom stereocenters. The molecule has 24 heavy (non-hydrogen) atoms. The minimum Gasteiger partial charge on any atom is -0.459 e. The number of esters is 1. The molecule has 1 aliphatic rings. The maximum atomic E-state index is 12.4. The standard InChI is InChI=1S/C16H22N2O5S/c1-3-5-10-24(21,22)18-9-8-12-6-7-13(11-14(12)18)17-15(19)16(20)23-4-2/h6-7,11H,3-5,8-10H2,1-2H3,(H,17,19). The minimum atomic E-state index is -3.38. The third kappa shape index (κ3) is 4.05. The van der Waals surface area contributed by atoms with Gasteiger partial charge in [0.1, 0.15) is 0 Å². The lowest BCUT2D eigenvalue weighted by molar-refractivity contribution is -0.152. The number of nitrogens with zero attached hydrogens (tertiary/aromatic N) is 1. The Balaban J connectivity index is 2.19. The van der Waals surface area contributed by atoms with Gasteiger partial charge in [-0.05, 0) is 37.5 Å². The van der Waals surface area contributed by atoms with E-state index in [0.717, 1.165) is 12.0 Å². The first-order valence-corrected chi connectivity index (χ1v) is 9.61. The fraction of sp³-hybridized carbons (Fsp3) is 0.500. The molecule has 7 nitrogen and oxygen atoms in total. The van der Waals surface area contributed by atoms with Gasteiger partial charge in [-0.25, -0.2) is 13.2 Å². The molecule has 1 N–H and O–H groups in total. The molecular weight excluding hydrogens is 332 g/mol. The second-order valence-corrected chi connectivity index (χ2v) is 7.52. The summed E-state index contributed by atoms with van der Waals surface area (Å²) in [6.45, 7) is 4.06. The maximum absolute atomic E-state index is 12.4. The van der Waals surface area contributed by atoms with E-state index in [4.69, 9.17) is 0 Å². The Morgan fingerprint density at radius 1 is 1.29 bits per heavy atom. The Morgan fingerprint density at radius 3 is 2.71 bits per heavy atom. The lowest BCUT2D eigenvalue weighted by Gasteiger charge is -2.20. The normalized spacial score (nSPS) is 13.5. The van der Waals surface area contributed by atoms with E-state index in [1.165, 1.54) is 4.31 Å². The number of sulfonamides is 1. The Bertz CT molecular complexity index is 730. The predicted octanol–water partition coefficient (Wildman–Crippen LogP) is 1.68. The molecule has 1 heterocycles. The molecule has 0 fully saturated rings. The topological polar surface area (TPSA) is 92.8 Å². The number of nitrogens with one attached hydrogen (secondary N) is 1. The van der Waals surface area contributed by atoms with E-state index in [2.05, 4.69) is 10.1 Å². The molecule has 0 unspecified atom stereocenters. The van der Waals surface area contributed by atoms with Crippen molar-refractivity contribution < 1.29 is 22.7 Å². The number of carbonyl (C=O) groups is 2. The number of rotatable bonds is 6. The summed E-state index contributed by atoms with van der Waals surface area (Å²) in [5.41, 5.74) is 1.83. The summed E-state index contributed by atoms with van der Waals surface area (Å²) >= 11 is 0. The first-order chi connectivity index (χ1) is 11.4. The quantitative estimate of drug-likeness (QED) is 0.620. The van der Waals surface area contributed by atoms with Crippen molar-refractivity contribution in [1.29, 1.82) is 0 Å². The van der Waals surface area contributed by atoms with Gasteiger partial charge in [0.2, 0.25) is 10.0 Å². The third-order valence-electron chi connectivity index (χ3n) is 3.75. The van der Waals surface area contributed by atoms with Crippen molar-refractivity contribution in [3.8, 4) is 0 Å². The average molecular weight is 354 g/mol. The molecule has 8 heteroatoms. The molecule has 0 saturated heterocycles. The van der Waals surface area contributed by atoms with Crippen LogP contribution in [0.3, 0.4) is 0 Å². The Hall–Kier alpha value is -2.09. The Labute approximate surface area is 142 Å². The van der Waals surface area contributed by atoms with Gasteiger partial charge in [0.25, 0.3) is 0 Å². The van der Waals surface area contributed by atoms with E-state index in [1.807, 2.05) is 6.92 Å². The molecule has 0 saturated carbocycles. The number of unbranched alkanes of at least 4 members (excludes halogenated alkanes) is 1. The molecule has 0 radical (unpaired) electrons. The van der Waals surface area contributed by atoms with Gasteiger partial charge in [-0.3, -0.25) is 9.10 Å². The first kappa shape index (κ1) is 18.3. The number of anilines is 2. The van der Waals surface area contributed by atoms with Crippen LogP contribution in [0.5, 0.6) is 0 Å². The van der Waals surface area contributed by atoms with Crippen LogP contribution >= 0.6 is 0 Å². The summed E-state index contributed by atoms with van der Waals surface area (Å²) in [4.78, 5) is 23.1. The summed E-state index contributed by atoms with van der Waals surface area (Å²) in [5, 5.41) is 2.44. The van der Waals surface area contributed by atoms with E-state index in [9.17, 15) is 18.0 Å². The second-order valence-electron chi connectivity index (χ2n) is 5.51.